The van der Waals surface area contributed by atoms with Crippen LogP contribution in [-0.4, -0.2) is 12.0 Å². The van der Waals surface area contributed by atoms with E-state index in [2.05, 4.69) is 37.0 Å². The molecule has 1 aliphatic carbocycles. The standard InChI is InChI=1S/C18H23ClO/c1-15-11-12-18(16(14-15)8-6-7-13-19)20-17-9-4-2-3-5-10-17/h11-12,14,17H,2-5,7,9-10,13H2,1H3. The molecule has 1 aliphatic rings. The lowest BCUT2D eigenvalue weighted by molar-refractivity contribution is 0.183. The lowest BCUT2D eigenvalue weighted by Crippen LogP contribution is -2.15. The van der Waals surface area contributed by atoms with Crippen LogP contribution in [-0.2, 0) is 0 Å². The predicted molar refractivity (Wildman–Crippen MR) is 85.5 cm³/mol. The van der Waals surface area contributed by atoms with Gasteiger partial charge in [-0.25, -0.2) is 0 Å². The summed E-state index contributed by atoms with van der Waals surface area (Å²) in [5, 5.41) is 0. The second-order valence-corrected chi connectivity index (χ2v) is 5.85. The van der Waals surface area contributed by atoms with Crippen molar-refractivity contribution in [3.63, 3.8) is 0 Å². The zero-order valence-corrected chi connectivity index (χ0v) is 13.0. The second-order valence-electron chi connectivity index (χ2n) is 5.47. The summed E-state index contributed by atoms with van der Waals surface area (Å²) in [6.07, 6.45) is 8.66. The average molecular weight is 291 g/mol. The van der Waals surface area contributed by atoms with E-state index in [4.69, 9.17) is 16.3 Å². The first kappa shape index (κ1) is 15.3. The molecule has 1 saturated carbocycles. The summed E-state index contributed by atoms with van der Waals surface area (Å²) < 4.78 is 6.22. The van der Waals surface area contributed by atoms with Crippen LogP contribution < -0.4 is 4.74 Å². The Morgan fingerprint density at radius 1 is 1.20 bits per heavy atom. The minimum atomic E-state index is 0.355. The van der Waals surface area contributed by atoms with Crippen LogP contribution in [0.15, 0.2) is 18.2 Å². The Morgan fingerprint density at radius 2 is 1.95 bits per heavy atom. The van der Waals surface area contributed by atoms with Crippen molar-refractivity contribution in [1.82, 2.24) is 0 Å². The van der Waals surface area contributed by atoms with Crippen molar-refractivity contribution in [3.05, 3.63) is 29.3 Å². The average Bonchev–Trinajstić information content (AvgIpc) is 2.70. The molecule has 2 rings (SSSR count). The molecule has 0 spiro atoms. The zero-order valence-electron chi connectivity index (χ0n) is 12.3. The van der Waals surface area contributed by atoms with Gasteiger partial charge in [0.25, 0.3) is 0 Å². The second kappa shape index (κ2) is 8.22. The van der Waals surface area contributed by atoms with E-state index in [-0.39, 0.29) is 0 Å². The van der Waals surface area contributed by atoms with Crippen LogP contribution in [0.2, 0.25) is 0 Å². The summed E-state index contributed by atoms with van der Waals surface area (Å²) in [4.78, 5) is 0. The molecule has 0 N–H and O–H groups in total. The Bertz CT molecular complexity index is 476. The van der Waals surface area contributed by atoms with E-state index in [1.54, 1.807) is 0 Å². The molecule has 108 valence electrons. The van der Waals surface area contributed by atoms with Gasteiger partial charge < -0.3 is 4.74 Å². The van der Waals surface area contributed by atoms with Gasteiger partial charge in [-0.2, -0.15) is 0 Å². The molecule has 0 bridgehead atoms. The third-order valence-corrected chi connectivity index (χ3v) is 3.86. The van der Waals surface area contributed by atoms with Gasteiger partial charge in [-0.3, -0.25) is 0 Å². The van der Waals surface area contributed by atoms with Gasteiger partial charge in [0, 0.05) is 12.3 Å². The third kappa shape index (κ3) is 4.76. The molecule has 2 heteroatoms. The van der Waals surface area contributed by atoms with Gasteiger partial charge in [0.1, 0.15) is 5.75 Å². The topological polar surface area (TPSA) is 9.23 Å². The van der Waals surface area contributed by atoms with Gasteiger partial charge in [-0.1, -0.05) is 30.7 Å². The van der Waals surface area contributed by atoms with Gasteiger partial charge >= 0.3 is 0 Å². The molecule has 1 aromatic rings. The number of alkyl halides is 1. The van der Waals surface area contributed by atoms with E-state index >= 15 is 0 Å². The molecule has 0 amide bonds. The minimum Gasteiger partial charge on any atom is -0.489 e. The van der Waals surface area contributed by atoms with E-state index in [0.29, 0.717) is 12.0 Å². The Morgan fingerprint density at radius 3 is 2.65 bits per heavy atom. The number of hydrogen-bond donors (Lipinski definition) is 0. The molecule has 1 nitrogen and oxygen atoms in total. The third-order valence-electron chi connectivity index (χ3n) is 3.67. The fourth-order valence-corrected chi connectivity index (χ4v) is 2.68. The lowest BCUT2D eigenvalue weighted by Gasteiger charge is -2.18. The van der Waals surface area contributed by atoms with Crippen molar-refractivity contribution in [2.45, 2.75) is 58.0 Å². The highest BCUT2D eigenvalue weighted by Crippen LogP contribution is 2.26. The molecule has 1 aromatic carbocycles. The van der Waals surface area contributed by atoms with Gasteiger partial charge in [0.05, 0.1) is 11.7 Å². The summed E-state index contributed by atoms with van der Waals surface area (Å²) in [6, 6.07) is 6.26. The molecule has 0 aromatic heterocycles. The predicted octanol–water partition coefficient (Wildman–Crippen LogP) is 5.08. The first-order valence-electron chi connectivity index (χ1n) is 7.62. The van der Waals surface area contributed by atoms with Gasteiger partial charge in [0.15, 0.2) is 0 Å². The molecule has 1 fully saturated rings. The molecular weight excluding hydrogens is 268 g/mol. The number of hydrogen-bond acceptors (Lipinski definition) is 1. The maximum atomic E-state index is 6.22. The highest BCUT2D eigenvalue weighted by Gasteiger charge is 2.15. The van der Waals surface area contributed by atoms with Crippen LogP contribution in [0.3, 0.4) is 0 Å². The molecule has 0 unspecified atom stereocenters. The number of halogens is 1. The Balaban J connectivity index is 2.11. The van der Waals surface area contributed by atoms with Gasteiger partial charge in [-0.15, -0.1) is 11.6 Å². The Hall–Kier alpha value is -1.13. The molecule has 0 heterocycles. The van der Waals surface area contributed by atoms with Crippen molar-refractivity contribution in [1.29, 1.82) is 0 Å². The summed E-state index contributed by atoms with van der Waals surface area (Å²) in [6.45, 7) is 2.09. The number of rotatable bonds is 3. The summed E-state index contributed by atoms with van der Waals surface area (Å²) in [5.41, 5.74) is 2.22. The van der Waals surface area contributed by atoms with Crippen LogP contribution in [0.1, 0.15) is 56.1 Å². The maximum absolute atomic E-state index is 6.22. The zero-order chi connectivity index (χ0) is 14.2. The first-order valence-corrected chi connectivity index (χ1v) is 8.15. The van der Waals surface area contributed by atoms with Crippen LogP contribution in [0.5, 0.6) is 5.75 Å². The van der Waals surface area contributed by atoms with Crippen molar-refractivity contribution in [2.75, 3.05) is 5.88 Å². The van der Waals surface area contributed by atoms with E-state index in [9.17, 15) is 0 Å². The number of aryl methyl sites for hydroxylation is 1. The highest BCUT2D eigenvalue weighted by atomic mass is 35.5. The fourth-order valence-electron chi connectivity index (χ4n) is 2.59. The Labute approximate surface area is 127 Å². The summed E-state index contributed by atoms with van der Waals surface area (Å²) in [7, 11) is 0. The van der Waals surface area contributed by atoms with Crippen LogP contribution in [0.4, 0.5) is 0 Å². The van der Waals surface area contributed by atoms with Crippen LogP contribution >= 0.6 is 11.6 Å². The van der Waals surface area contributed by atoms with Crippen LogP contribution in [0.25, 0.3) is 0 Å². The molecule has 0 saturated heterocycles. The molecular formula is C18H23ClO. The summed E-state index contributed by atoms with van der Waals surface area (Å²) in [5.74, 6) is 7.82. The summed E-state index contributed by atoms with van der Waals surface area (Å²) >= 11 is 5.68. The van der Waals surface area contributed by atoms with Gasteiger partial charge in [0.2, 0.25) is 0 Å². The minimum absolute atomic E-state index is 0.355. The molecule has 0 atom stereocenters. The maximum Gasteiger partial charge on any atom is 0.135 e. The number of benzene rings is 1. The van der Waals surface area contributed by atoms with E-state index < -0.39 is 0 Å². The number of ether oxygens (including phenoxy) is 1. The fraction of sp³-hybridized carbons (Fsp3) is 0.556. The van der Waals surface area contributed by atoms with Crippen LogP contribution in [0, 0.1) is 18.8 Å². The lowest BCUT2D eigenvalue weighted by atomic mass is 10.1. The quantitative estimate of drug-likeness (QED) is 0.429. The normalized spacial score (nSPS) is 16.1. The van der Waals surface area contributed by atoms with Crippen molar-refractivity contribution in [2.24, 2.45) is 0 Å². The smallest absolute Gasteiger partial charge is 0.135 e. The van der Waals surface area contributed by atoms with Crippen molar-refractivity contribution < 1.29 is 4.74 Å². The largest absolute Gasteiger partial charge is 0.489 e. The Kier molecular flexibility index (Phi) is 6.27. The van der Waals surface area contributed by atoms with E-state index in [1.165, 1.54) is 44.1 Å². The molecule has 20 heavy (non-hydrogen) atoms. The SMILES string of the molecule is Cc1ccc(OC2CCCCCC2)c(C#CCCCl)c1. The first-order chi connectivity index (χ1) is 9.79. The van der Waals surface area contributed by atoms with Crippen molar-refractivity contribution in [3.8, 4) is 17.6 Å². The molecule has 0 aliphatic heterocycles. The van der Waals surface area contributed by atoms with E-state index in [0.717, 1.165) is 17.7 Å². The van der Waals surface area contributed by atoms with Crippen molar-refractivity contribution >= 4 is 11.6 Å². The monoisotopic (exact) mass is 290 g/mol. The van der Waals surface area contributed by atoms with Gasteiger partial charge in [-0.05, 0) is 50.3 Å². The van der Waals surface area contributed by atoms with E-state index in [1.807, 2.05) is 0 Å². The molecule has 0 radical (unpaired) electrons. The highest BCUT2D eigenvalue weighted by molar-refractivity contribution is 6.18.